The van der Waals surface area contributed by atoms with Crippen molar-refractivity contribution >= 4 is 40.6 Å². The maximum atomic E-state index is 13.9. The molecule has 2 heterocycles. The van der Waals surface area contributed by atoms with Gasteiger partial charge in [-0.3, -0.25) is 5.01 Å². The van der Waals surface area contributed by atoms with E-state index < -0.39 is 35.0 Å². The number of benzene rings is 2. The van der Waals surface area contributed by atoms with Crippen LogP contribution in [0.25, 0.3) is 0 Å². The highest BCUT2D eigenvalue weighted by Gasteiger charge is 2.48. The number of piperidine rings is 1. The average Bonchev–Trinajstić information content (AvgIpc) is 2.80. The molecule has 2 aromatic rings. The molecule has 2 unspecified atom stereocenters. The highest BCUT2D eigenvalue weighted by molar-refractivity contribution is 7.86. The summed E-state index contributed by atoms with van der Waals surface area (Å²) >= 11 is 6.08. The Bertz CT molecular complexity index is 1080. The van der Waals surface area contributed by atoms with Crippen LogP contribution in [0.3, 0.4) is 0 Å². The highest BCUT2D eigenvalue weighted by atomic mass is 35.5. The molecule has 2 aromatic carbocycles. The van der Waals surface area contributed by atoms with Crippen LogP contribution in [0.2, 0.25) is 5.02 Å². The van der Waals surface area contributed by atoms with Crippen molar-refractivity contribution in [3.05, 3.63) is 70.7 Å². The third kappa shape index (κ3) is 5.46. The summed E-state index contributed by atoms with van der Waals surface area (Å²) in [6.45, 7) is -0.324. The number of nitrogens with zero attached hydrogens (tertiary/aromatic N) is 4. The SMILES string of the molecule is Cl.O=S(=O)(N1CCC(F)(F)CC1)N1C(c2ccc(Cl)cc2)C(c2ccccc2)CCN1C=NO. The van der Waals surface area contributed by atoms with Gasteiger partial charge in [0.05, 0.1) is 6.04 Å². The third-order valence-corrected chi connectivity index (χ3v) is 8.36. The Morgan fingerprint density at radius 3 is 2.21 bits per heavy atom. The van der Waals surface area contributed by atoms with Gasteiger partial charge < -0.3 is 5.21 Å². The fourth-order valence-electron chi connectivity index (χ4n) is 4.52. The molecule has 1 N–H and O–H groups in total. The van der Waals surface area contributed by atoms with Crippen LogP contribution in [0.15, 0.2) is 59.8 Å². The van der Waals surface area contributed by atoms with Crippen molar-refractivity contribution < 1.29 is 22.4 Å². The van der Waals surface area contributed by atoms with Gasteiger partial charge >= 0.3 is 0 Å². The summed E-state index contributed by atoms with van der Waals surface area (Å²) in [4.78, 5) is 0. The van der Waals surface area contributed by atoms with E-state index in [0.29, 0.717) is 17.0 Å². The number of oxime groups is 1. The number of halogens is 4. The molecule has 2 aliphatic heterocycles. The molecule has 0 bridgehead atoms. The normalized spacial score (nSPS) is 24.1. The number of rotatable bonds is 5. The predicted octanol–water partition coefficient (Wildman–Crippen LogP) is 4.90. The fourth-order valence-corrected chi connectivity index (χ4v) is 6.47. The second-order valence-corrected chi connectivity index (χ2v) is 10.5. The van der Waals surface area contributed by atoms with Gasteiger partial charge in [0.15, 0.2) is 0 Å². The lowest BCUT2D eigenvalue weighted by Gasteiger charge is -2.48. The van der Waals surface area contributed by atoms with E-state index in [-0.39, 0.29) is 38.0 Å². The van der Waals surface area contributed by atoms with E-state index in [4.69, 9.17) is 11.6 Å². The number of hydrogen-bond acceptors (Lipinski definition) is 4. The van der Waals surface area contributed by atoms with Gasteiger partial charge in [-0.25, -0.2) is 8.78 Å². The summed E-state index contributed by atoms with van der Waals surface area (Å²) in [7, 11) is -4.23. The highest BCUT2D eigenvalue weighted by Crippen LogP contribution is 2.45. The van der Waals surface area contributed by atoms with Crippen LogP contribution < -0.4 is 0 Å². The lowest BCUT2D eigenvalue weighted by Crippen LogP contribution is -2.59. The van der Waals surface area contributed by atoms with Crippen LogP contribution in [-0.4, -0.2) is 59.2 Å². The zero-order valence-electron chi connectivity index (χ0n) is 18.2. The quantitative estimate of drug-likeness (QED) is 0.256. The van der Waals surface area contributed by atoms with Crippen LogP contribution in [0, 0.1) is 0 Å². The Kier molecular flexibility index (Phi) is 8.41. The van der Waals surface area contributed by atoms with E-state index in [9.17, 15) is 22.4 Å². The van der Waals surface area contributed by atoms with Crippen molar-refractivity contribution in [1.29, 1.82) is 0 Å². The van der Waals surface area contributed by atoms with E-state index >= 15 is 0 Å². The van der Waals surface area contributed by atoms with Crippen LogP contribution in [0.5, 0.6) is 0 Å². The van der Waals surface area contributed by atoms with Gasteiger partial charge in [0, 0.05) is 43.4 Å². The summed E-state index contributed by atoms with van der Waals surface area (Å²) in [6.07, 6.45) is 0.539. The average molecular weight is 535 g/mol. The van der Waals surface area contributed by atoms with E-state index in [1.807, 2.05) is 30.3 Å². The van der Waals surface area contributed by atoms with E-state index in [0.717, 1.165) is 16.2 Å². The van der Waals surface area contributed by atoms with Gasteiger partial charge in [0.25, 0.3) is 16.1 Å². The van der Waals surface area contributed by atoms with E-state index in [2.05, 4.69) is 5.16 Å². The number of alkyl halides is 2. The Balaban J connectivity index is 0.00000324. The monoisotopic (exact) mass is 534 g/mol. The number of hydrazine groups is 1. The Labute approximate surface area is 209 Å². The lowest BCUT2D eigenvalue weighted by molar-refractivity contribution is -0.0449. The summed E-state index contributed by atoms with van der Waals surface area (Å²) in [5.41, 5.74) is 1.64. The van der Waals surface area contributed by atoms with Gasteiger partial charge in [0.1, 0.15) is 6.34 Å². The van der Waals surface area contributed by atoms with Gasteiger partial charge in [-0.15, -0.1) is 12.4 Å². The maximum absolute atomic E-state index is 13.9. The number of hydrogen-bond donors (Lipinski definition) is 1. The molecule has 2 fully saturated rings. The molecule has 2 atom stereocenters. The second-order valence-electron chi connectivity index (χ2n) is 8.23. The summed E-state index contributed by atoms with van der Waals surface area (Å²) in [5.74, 6) is -3.11. The molecule has 186 valence electrons. The first-order valence-electron chi connectivity index (χ1n) is 10.6. The van der Waals surface area contributed by atoms with E-state index in [1.54, 1.807) is 24.3 Å². The first-order valence-corrected chi connectivity index (χ1v) is 12.4. The largest absolute Gasteiger partial charge is 0.410 e. The minimum atomic E-state index is -4.23. The molecule has 0 aromatic heterocycles. The smallest absolute Gasteiger partial charge is 0.299 e. The molecule has 0 amide bonds. The zero-order valence-corrected chi connectivity index (χ0v) is 20.6. The first kappa shape index (κ1) is 26.6. The molecule has 2 aliphatic rings. The molecule has 0 radical (unpaired) electrons. The molecule has 0 spiro atoms. The second kappa shape index (κ2) is 10.7. The van der Waals surface area contributed by atoms with Crippen molar-refractivity contribution in [3.8, 4) is 0 Å². The summed E-state index contributed by atoms with van der Waals surface area (Å²) < 4.78 is 57.5. The van der Waals surface area contributed by atoms with Crippen LogP contribution in [-0.2, 0) is 10.2 Å². The summed E-state index contributed by atoms with van der Waals surface area (Å²) in [5, 5.41) is 14.1. The Hall–Kier alpha value is -1.98. The molecular formula is C22H26Cl2F2N4O3S. The van der Waals surface area contributed by atoms with Gasteiger partial charge in [-0.1, -0.05) is 63.6 Å². The fraction of sp³-hybridized carbons (Fsp3) is 0.409. The third-order valence-electron chi connectivity index (χ3n) is 6.18. The Morgan fingerprint density at radius 1 is 1.00 bits per heavy atom. The minimum Gasteiger partial charge on any atom is -0.410 e. The lowest BCUT2D eigenvalue weighted by atomic mass is 9.83. The molecule has 0 aliphatic carbocycles. The molecule has 34 heavy (non-hydrogen) atoms. The predicted molar refractivity (Wildman–Crippen MR) is 129 cm³/mol. The Morgan fingerprint density at radius 2 is 1.62 bits per heavy atom. The van der Waals surface area contributed by atoms with Crippen LogP contribution in [0.4, 0.5) is 8.78 Å². The van der Waals surface area contributed by atoms with E-state index in [1.165, 1.54) is 9.42 Å². The molecular weight excluding hydrogens is 509 g/mol. The van der Waals surface area contributed by atoms with Crippen molar-refractivity contribution in [2.75, 3.05) is 19.6 Å². The van der Waals surface area contributed by atoms with Crippen LogP contribution in [0.1, 0.15) is 42.3 Å². The topological polar surface area (TPSA) is 76.5 Å². The molecule has 0 saturated carbocycles. The van der Waals surface area contributed by atoms with Gasteiger partial charge in [-0.2, -0.15) is 12.7 Å². The summed E-state index contributed by atoms with van der Waals surface area (Å²) in [6, 6.07) is 15.7. The van der Waals surface area contributed by atoms with Gasteiger partial charge in [-0.05, 0) is 29.7 Å². The maximum Gasteiger partial charge on any atom is 0.299 e. The standard InChI is InChI=1S/C22H25ClF2N4O3S.ClH/c23-19-8-6-18(7-9-19)21-20(17-4-2-1-3-5-17)10-13-27(16-26-30)29(21)33(31,32)28-14-11-22(24,25)12-15-28;/h1-9,16,20-21,30H,10-15H2;1H. The molecule has 2 saturated heterocycles. The molecule has 4 rings (SSSR count). The zero-order chi connectivity index (χ0) is 23.6. The van der Waals surface area contributed by atoms with Crippen molar-refractivity contribution in [1.82, 2.24) is 13.7 Å². The minimum absolute atomic E-state index is 0. The molecule has 7 nitrogen and oxygen atoms in total. The van der Waals surface area contributed by atoms with Crippen LogP contribution >= 0.6 is 24.0 Å². The van der Waals surface area contributed by atoms with Crippen molar-refractivity contribution in [2.24, 2.45) is 5.16 Å². The van der Waals surface area contributed by atoms with Crippen molar-refractivity contribution in [3.63, 3.8) is 0 Å². The first-order chi connectivity index (χ1) is 15.7. The molecule has 12 heteroatoms. The van der Waals surface area contributed by atoms with Gasteiger partial charge in [0.2, 0.25) is 0 Å². The van der Waals surface area contributed by atoms with Crippen molar-refractivity contribution in [2.45, 2.75) is 37.1 Å².